The van der Waals surface area contributed by atoms with E-state index in [1.165, 1.54) is 0 Å². The van der Waals surface area contributed by atoms with Crippen LogP contribution < -0.4 is 15.5 Å². The molecule has 2 rings (SSSR count). The molecule has 2 N–H and O–H groups in total. The zero-order valence-electron chi connectivity index (χ0n) is 17.9. The molecule has 1 aliphatic heterocycles. The van der Waals surface area contributed by atoms with E-state index in [1.807, 2.05) is 43.3 Å². The average molecular weight is 405 g/mol. The Morgan fingerprint density at radius 1 is 1.14 bits per heavy atom. The number of rotatable bonds is 6. The summed E-state index contributed by atoms with van der Waals surface area (Å²) in [5, 5.41) is 5.51. The molecular formula is C21H32N4O4. The zero-order chi connectivity index (χ0) is 21.6. The van der Waals surface area contributed by atoms with Gasteiger partial charge in [-0.25, -0.2) is 4.79 Å². The second-order valence-corrected chi connectivity index (χ2v) is 7.96. The Bertz CT molecular complexity index is 723. The van der Waals surface area contributed by atoms with Crippen LogP contribution in [-0.4, -0.2) is 62.1 Å². The van der Waals surface area contributed by atoms with Crippen LogP contribution >= 0.6 is 0 Å². The lowest BCUT2D eigenvalue weighted by atomic mass is 9.94. The van der Waals surface area contributed by atoms with Gasteiger partial charge in [-0.15, -0.1) is 0 Å². The first-order chi connectivity index (χ1) is 13.6. The number of nitrogens with one attached hydrogen (secondary N) is 2. The van der Waals surface area contributed by atoms with Crippen LogP contribution in [0.15, 0.2) is 24.3 Å². The molecule has 8 heteroatoms. The molecular weight excluding hydrogens is 372 g/mol. The summed E-state index contributed by atoms with van der Waals surface area (Å²) in [5.41, 5.74) is 0.606. The molecule has 0 aromatic heterocycles. The molecule has 1 saturated heterocycles. The van der Waals surface area contributed by atoms with E-state index in [0.29, 0.717) is 38.2 Å². The Kier molecular flexibility index (Phi) is 7.47. The maximum atomic E-state index is 12.9. The maximum absolute atomic E-state index is 12.9. The number of ether oxygens (including phenoxy) is 1. The third-order valence-corrected chi connectivity index (χ3v) is 5.00. The van der Waals surface area contributed by atoms with Gasteiger partial charge in [0.05, 0.1) is 12.5 Å². The van der Waals surface area contributed by atoms with Gasteiger partial charge in [0.2, 0.25) is 5.91 Å². The van der Waals surface area contributed by atoms with E-state index in [4.69, 9.17) is 4.74 Å². The number of amides is 3. The summed E-state index contributed by atoms with van der Waals surface area (Å²) in [6.45, 7) is 6.46. The second kappa shape index (κ2) is 9.62. The summed E-state index contributed by atoms with van der Waals surface area (Å²) in [6.07, 6.45) is 1.15. The van der Waals surface area contributed by atoms with E-state index in [-0.39, 0.29) is 17.8 Å². The van der Waals surface area contributed by atoms with Crippen LogP contribution in [0.3, 0.4) is 0 Å². The fraction of sp³-hybridized carbons (Fsp3) is 0.571. The predicted molar refractivity (Wildman–Crippen MR) is 113 cm³/mol. The third-order valence-electron chi connectivity index (χ3n) is 5.00. The highest BCUT2D eigenvalue weighted by atomic mass is 16.5. The number of carbonyl (C=O) groups is 3. The molecule has 1 aromatic carbocycles. The number of likely N-dealkylation sites (tertiary alicyclic amines) is 1. The number of hydrogen-bond donors (Lipinski definition) is 2. The van der Waals surface area contributed by atoms with Gasteiger partial charge in [0.1, 0.15) is 5.54 Å². The Balaban J connectivity index is 1.88. The van der Waals surface area contributed by atoms with Crippen molar-refractivity contribution in [2.45, 2.75) is 39.2 Å². The summed E-state index contributed by atoms with van der Waals surface area (Å²) in [7, 11) is 3.89. The van der Waals surface area contributed by atoms with Gasteiger partial charge in [0.25, 0.3) is 0 Å². The number of carbonyl (C=O) groups excluding carboxylic acids is 3. The molecule has 1 aliphatic rings. The molecule has 0 atom stereocenters. The largest absolute Gasteiger partial charge is 0.466 e. The van der Waals surface area contributed by atoms with Gasteiger partial charge in [-0.1, -0.05) is 0 Å². The van der Waals surface area contributed by atoms with Gasteiger partial charge < -0.3 is 25.2 Å². The molecule has 1 aromatic rings. The quantitative estimate of drug-likeness (QED) is 0.711. The number of urea groups is 1. The first kappa shape index (κ1) is 22.5. The summed E-state index contributed by atoms with van der Waals surface area (Å²) < 4.78 is 5.06. The molecule has 0 unspecified atom stereocenters. The second-order valence-electron chi connectivity index (χ2n) is 7.96. The van der Waals surface area contributed by atoms with Crippen LogP contribution in [0, 0.1) is 5.92 Å². The molecule has 160 valence electrons. The summed E-state index contributed by atoms with van der Waals surface area (Å²) in [5.74, 6) is -0.530. The lowest BCUT2D eigenvalue weighted by molar-refractivity contribution is -0.152. The van der Waals surface area contributed by atoms with Crippen molar-refractivity contribution >= 4 is 29.3 Å². The summed E-state index contributed by atoms with van der Waals surface area (Å²) in [4.78, 5) is 40.8. The molecule has 0 bridgehead atoms. The summed E-state index contributed by atoms with van der Waals surface area (Å²) in [6, 6.07) is 6.98. The Labute approximate surface area is 172 Å². The van der Waals surface area contributed by atoms with Gasteiger partial charge in [0.15, 0.2) is 0 Å². The highest BCUT2D eigenvalue weighted by Crippen LogP contribution is 2.21. The van der Waals surface area contributed by atoms with Gasteiger partial charge in [-0.05, 0) is 57.9 Å². The molecule has 1 fully saturated rings. The van der Waals surface area contributed by atoms with Gasteiger partial charge in [-0.3, -0.25) is 9.59 Å². The van der Waals surface area contributed by atoms with E-state index >= 15 is 0 Å². The Morgan fingerprint density at radius 2 is 1.72 bits per heavy atom. The highest BCUT2D eigenvalue weighted by Gasteiger charge is 2.36. The van der Waals surface area contributed by atoms with Crippen molar-refractivity contribution in [3.63, 3.8) is 0 Å². The molecule has 3 amide bonds. The number of piperidine rings is 1. The molecule has 1 heterocycles. The molecule has 8 nitrogen and oxygen atoms in total. The smallest absolute Gasteiger partial charge is 0.320 e. The van der Waals surface area contributed by atoms with Crippen molar-refractivity contribution in [3.05, 3.63) is 24.3 Å². The van der Waals surface area contributed by atoms with Crippen molar-refractivity contribution in [2.24, 2.45) is 5.92 Å². The monoisotopic (exact) mass is 404 g/mol. The van der Waals surface area contributed by atoms with Gasteiger partial charge in [0, 0.05) is 38.6 Å². The number of esters is 1. The number of anilines is 2. The Morgan fingerprint density at radius 3 is 2.24 bits per heavy atom. The zero-order valence-corrected chi connectivity index (χ0v) is 17.9. The third kappa shape index (κ3) is 6.10. The van der Waals surface area contributed by atoms with Crippen LogP contribution in [0.4, 0.5) is 16.2 Å². The minimum Gasteiger partial charge on any atom is -0.466 e. The predicted octanol–water partition coefficient (Wildman–Crippen LogP) is 2.45. The van der Waals surface area contributed by atoms with Crippen LogP contribution in [0.5, 0.6) is 0 Å². The Hall–Kier alpha value is -2.77. The van der Waals surface area contributed by atoms with E-state index in [9.17, 15) is 14.4 Å². The SMILES string of the molecule is CCOC(=O)C1CCN(C(=O)C(C)(C)NC(=O)Nc2ccc(N(C)C)cc2)CC1. The van der Waals surface area contributed by atoms with Gasteiger partial charge >= 0.3 is 12.0 Å². The number of nitrogens with zero attached hydrogens (tertiary/aromatic N) is 2. The highest BCUT2D eigenvalue weighted by molar-refractivity contribution is 5.95. The minimum atomic E-state index is -1.07. The molecule has 0 radical (unpaired) electrons. The minimum absolute atomic E-state index is 0.163. The van der Waals surface area contributed by atoms with E-state index in [1.54, 1.807) is 25.7 Å². The normalized spacial score (nSPS) is 14.9. The van der Waals surface area contributed by atoms with Crippen molar-refractivity contribution in [1.82, 2.24) is 10.2 Å². The topological polar surface area (TPSA) is 91.0 Å². The van der Waals surface area contributed by atoms with Crippen molar-refractivity contribution in [2.75, 3.05) is 44.0 Å². The van der Waals surface area contributed by atoms with Gasteiger partial charge in [-0.2, -0.15) is 0 Å². The van der Waals surface area contributed by atoms with E-state index in [0.717, 1.165) is 5.69 Å². The average Bonchev–Trinajstić information content (AvgIpc) is 2.67. The van der Waals surface area contributed by atoms with Crippen LogP contribution in [-0.2, 0) is 14.3 Å². The van der Waals surface area contributed by atoms with Crippen molar-refractivity contribution in [1.29, 1.82) is 0 Å². The van der Waals surface area contributed by atoms with Crippen molar-refractivity contribution in [3.8, 4) is 0 Å². The van der Waals surface area contributed by atoms with Crippen LogP contribution in [0.2, 0.25) is 0 Å². The number of benzene rings is 1. The van der Waals surface area contributed by atoms with E-state index < -0.39 is 11.6 Å². The summed E-state index contributed by atoms with van der Waals surface area (Å²) >= 11 is 0. The maximum Gasteiger partial charge on any atom is 0.320 e. The molecule has 0 aliphatic carbocycles. The number of hydrogen-bond acceptors (Lipinski definition) is 5. The van der Waals surface area contributed by atoms with E-state index in [2.05, 4.69) is 10.6 Å². The molecule has 0 spiro atoms. The van der Waals surface area contributed by atoms with Crippen LogP contribution in [0.25, 0.3) is 0 Å². The van der Waals surface area contributed by atoms with Crippen molar-refractivity contribution < 1.29 is 19.1 Å². The first-order valence-corrected chi connectivity index (χ1v) is 9.96. The first-order valence-electron chi connectivity index (χ1n) is 9.96. The molecule has 0 saturated carbocycles. The lowest BCUT2D eigenvalue weighted by Gasteiger charge is -2.36. The lowest BCUT2D eigenvalue weighted by Crippen LogP contribution is -2.58. The van der Waals surface area contributed by atoms with Crippen LogP contribution in [0.1, 0.15) is 33.6 Å². The molecule has 29 heavy (non-hydrogen) atoms. The standard InChI is InChI=1S/C21H32N4O4/c1-6-29-18(26)15-11-13-25(14-12-15)19(27)21(2,3)23-20(28)22-16-7-9-17(10-8-16)24(4)5/h7-10,15H,6,11-14H2,1-5H3,(H2,22,23,28). The fourth-order valence-corrected chi connectivity index (χ4v) is 3.32. The fourth-order valence-electron chi connectivity index (χ4n) is 3.32.